The minimum absolute atomic E-state index is 0.187. The second kappa shape index (κ2) is 5.96. The summed E-state index contributed by atoms with van der Waals surface area (Å²) in [5, 5.41) is 11.0. The van der Waals surface area contributed by atoms with Gasteiger partial charge >= 0.3 is 5.69 Å². The van der Waals surface area contributed by atoms with Crippen molar-refractivity contribution >= 4 is 21.4 Å². The summed E-state index contributed by atoms with van der Waals surface area (Å²) in [6.45, 7) is 2.26. The molecule has 0 bridgehead atoms. The normalized spacial score (nSPS) is 20.3. The van der Waals surface area contributed by atoms with Crippen LogP contribution in [-0.2, 0) is 14.8 Å². The van der Waals surface area contributed by atoms with Crippen LogP contribution in [0.4, 0.5) is 11.4 Å². The number of para-hydroxylation sites is 1. The molecule has 2 atom stereocenters. The summed E-state index contributed by atoms with van der Waals surface area (Å²) in [7, 11) is -4.05. The first-order valence-electron chi connectivity index (χ1n) is 6.50. The van der Waals surface area contributed by atoms with Crippen molar-refractivity contribution in [3.63, 3.8) is 0 Å². The standard InChI is InChI=1S/C12H17N3O5S/c1-8(10-5-3-7-20-10)14-21(18,19)11-6-2-4-9(13)12(11)15(16)17/h2,4,6,8,10,14H,3,5,7,13H2,1H3. The van der Waals surface area contributed by atoms with Gasteiger partial charge < -0.3 is 10.5 Å². The van der Waals surface area contributed by atoms with Gasteiger partial charge in [0, 0.05) is 12.6 Å². The van der Waals surface area contributed by atoms with Crippen LogP contribution in [0.15, 0.2) is 23.1 Å². The van der Waals surface area contributed by atoms with E-state index in [4.69, 9.17) is 10.5 Å². The molecule has 0 aromatic heterocycles. The molecule has 9 heteroatoms. The first kappa shape index (κ1) is 15.7. The highest BCUT2D eigenvalue weighted by Crippen LogP contribution is 2.30. The molecule has 0 aliphatic carbocycles. The van der Waals surface area contributed by atoms with Crippen LogP contribution in [-0.4, -0.2) is 32.1 Å². The fourth-order valence-electron chi connectivity index (χ4n) is 2.33. The summed E-state index contributed by atoms with van der Waals surface area (Å²) in [6.07, 6.45) is 1.40. The average Bonchev–Trinajstić information content (AvgIpc) is 2.91. The third-order valence-corrected chi connectivity index (χ3v) is 4.96. The lowest BCUT2D eigenvalue weighted by atomic mass is 10.1. The molecule has 1 saturated heterocycles. The van der Waals surface area contributed by atoms with Gasteiger partial charge in [0.05, 0.1) is 11.0 Å². The Bertz CT molecular complexity index is 640. The zero-order valence-corrected chi connectivity index (χ0v) is 12.3. The van der Waals surface area contributed by atoms with E-state index in [2.05, 4.69) is 4.72 Å². The zero-order valence-electron chi connectivity index (χ0n) is 11.5. The van der Waals surface area contributed by atoms with Crippen molar-refractivity contribution in [1.29, 1.82) is 0 Å². The third kappa shape index (κ3) is 3.31. The van der Waals surface area contributed by atoms with Crippen molar-refractivity contribution in [2.75, 3.05) is 12.3 Å². The number of hydrogen-bond acceptors (Lipinski definition) is 6. The van der Waals surface area contributed by atoms with E-state index >= 15 is 0 Å². The monoisotopic (exact) mass is 315 g/mol. The number of rotatable bonds is 5. The van der Waals surface area contributed by atoms with Gasteiger partial charge in [-0.3, -0.25) is 10.1 Å². The van der Waals surface area contributed by atoms with Gasteiger partial charge in [0.2, 0.25) is 10.0 Å². The summed E-state index contributed by atoms with van der Waals surface area (Å²) < 4.78 is 32.5. The van der Waals surface area contributed by atoms with E-state index in [1.54, 1.807) is 6.92 Å². The van der Waals surface area contributed by atoms with Gasteiger partial charge in [-0.05, 0) is 31.9 Å². The molecule has 1 aromatic carbocycles. The van der Waals surface area contributed by atoms with Gasteiger partial charge in [-0.2, -0.15) is 0 Å². The third-order valence-electron chi connectivity index (χ3n) is 3.37. The van der Waals surface area contributed by atoms with Crippen LogP contribution in [0.1, 0.15) is 19.8 Å². The molecule has 1 fully saturated rings. The molecule has 1 aromatic rings. The van der Waals surface area contributed by atoms with Gasteiger partial charge in [-0.1, -0.05) is 6.07 Å². The molecular formula is C12H17N3O5S. The lowest BCUT2D eigenvalue weighted by molar-refractivity contribution is -0.386. The highest BCUT2D eigenvalue weighted by molar-refractivity contribution is 7.89. The van der Waals surface area contributed by atoms with Gasteiger partial charge in [0.1, 0.15) is 5.69 Å². The Morgan fingerprint density at radius 2 is 2.24 bits per heavy atom. The molecule has 0 spiro atoms. The van der Waals surface area contributed by atoms with Gasteiger partial charge in [0.15, 0.2) is 4.90 Å². The Labute approximate surface area is 122 Å². The number of ether oxygens (including phenoxy) is 1. The van der Waals surface area contributed by atoms with E-state index in [0.717, 1.165) is 12.8 Å². The molecule has 2 rings (SSSR count). The predicted molar refractivity (Wildman–Crippen MR) is 76.3 cm³/mol. The van der Waals surface area contributed by atoms with Crippen LogP contribution in [0.3, 0.4) is 0 Å². The van der Waals surface area contributed by atoms with Crippen LogP contribution in [0.2, 0.25) is 0 Å². The molecule has 21 heavy (non-hydrogen) atoms. The molecule has 1 aliphatic heterocycles. The molecule has 2 unspecified atom stereocenters. The first-order valence-corrected chi connectivity index (χ1v) is 7.98. The maximum atomic E-state index is 12.4. The predicted octanol–water partition coefficient (Wildman–Crippen LogP) is 1.02. The number of anilines is 1. The number of nitro benzene ring substituents is 1. The van der Waals surface area contributed by atoms with Crippen molar-refractivity contribution in [3.05, 3.63) is 28.3 Å². The Hall–Kier alpha value is -1.71. The lowest BCUT2D eigenvalue weighted by Gasteiger charge is -2.20. The van der Waals surface area contributed by atoms with Crippen LogP contribution >= 0.6 is 0 Å². The quantitative estimate of drug-likeness (QED) is 0.475. The Kier molecular flexibility index (Phi) is 4.45. The Balaban J connectivity index is 2.31. The van der Waals surface area contributed by atoms with Crippen molar-refractivity contribution in [1.82, 2.24) is 4.72 Å². The summed E-state index contributed by atoms with van der Waals surface area (Å²) in [4.78, 5) is 9.82. The molecule has 0 amide bonds. The van der Waals surface area contributed by atoms with Gasteiger partial charge in [0.25, 0.3) is 0 Å². The summed E-state index contributed by atoms with van der Waals surface area (Å²) in [6, 6.07) is 3.35. The molecule has 0 radical (unpaired) electrons. The molecule has 0 saturated carbocycles. The Morgan fingerprint density at radius 1 is 1.52 bits per heavy atom. The summed E-state index contributed by atoms with van der Waals surface area (Å²) in [5.74, 6) is 0. The smallest absolute Gasteiger partial charge is 0.312 e. The highest BCUT2D eigenvalue weighted by atomic mass is 32.2. The van der Waals surface area contributed by atoms with E-state index in [9.17, 15) is 18.5 Å². The van der Waals surface area contributed by atoms with E-state index in [0.29, 0.717) is 6.61 Å². The number of nitrogen functional groups attached to an aromatic ring is 1. The van der Waals surface area contributed by atoms with E-state index in [1.165, 1.54) is 18.2 Å². The van der Waals surface area contributed by atoms with Crippen molar-refractivity contribution in [3.8, 4) is 0 Å². The number of sulfonamides is 1. The van der Waals surface area contributed by atoms with Crippen LogP contribution in [0.5, 0.6) is 0 Å². The number of nitrogens with one attached hydrogen (secondary N) is 1. The zero-order chi connectivity index (χ0) is 15.6. The SMILES string of the molecule is CC(NS(=O)(=O)c1cccc(N)c1[N+](=O)[O-])C1CCCO1. The minimum Gasteiger partial charge on any atom is -0.393 e. The van der Waals surface area contributed by atoms with Crippen LogP contribution < -0.4 is 10.5 Å². The molecule has 1 heterocycles. The number of nitro groups is 1. The number of benzene rings is 1. The largest absolute Gasteiger partial charge is 0.393 e. The van der Waals surface area contributed by atoms with Gasteiger partial charge in [-0.25, -0.2) is 13.1 Å². The summed E-state index contributed by atoms with van der Waals surface area (Å²) >= 11 is 0. The second-order valence-corrected chi connectivity index (χ2v) is 6.59. The lowest BCUT2D eigenvalue weighted by Crippen LogP contribution is -2.40. The molecule has 1 aliphatic rings. The molecule has 116 valence electrons. The average molecular weight is 315 g/mol. The minimum atomic E-state index is -4.05. The molecule has 3 N–H and O–H groups in total. The van der Waals surface area contributed by atoms with Crippen LogP contribution in [0.25, 0.3) is 0 Å². The van der Waals surface area contributed by atoms with E-state index in [1.807, 2.05) is 0 Å². The maximum Gasteiger partial charge on any atom is 0.312 e. The molecular weight excluding hydrogens is 298 g/mol. The maximum absolute atomic E-state index is 12.4. The van der Waals surface area contributed by atoms with Crippen LogP contribution in [0, 0.1) is 10.1 Å². The van der Waals surface area contributed by atoms with Crippen molar-refractivity contribution in [2.45, 2.75) is 36.8 Å². The van der Waals surface area contributed by atoms with Crippen molar-refractivity contribution < 1.29 is 18.1 Å². The van der Waals surface area contributed by atoms with Gasteiger partial charge in [-0.15, -0.1) is 0 Å². The van der Waals surface area contributed by atoms with E-state index in [-0.39, 0.29) is 11.8 Å². The fourth-order valence-corrected chi connectivity index (χ4v) is 3.81. The topological polar surface area (TPSA) is 125 Å². The first-order chi connectivity index (χ1) is 9.83. The Morgan fingerprint density at radius 3 is 2.81 bits per heavy atom. The summed E-state index contributed by atoms with van der Waals surface area (Å²) in [5.41, 5.74) is 4.72. The van der Waals surface area contributed by atoms with E-state index < -0.39 is 31.6 Å². The second-order valence-electron chi connectivity index (χ2n) is 4.91. The van der Waals surface area contributed by atoms with Crippen molar-refractivity contribution in [2.24, 2.45) is 0 Å². The number of nitrogens with zero attached hydrogens (tertiary/aromatic N) is 1. The number of nitrogens with two attached hydrogens (primary N) is 1. The molecule has 8 nitrogen and oxygen atoms in total. The highest BCUT2D eigenvalue weighted by Gasteiger charge is 2.32. The fraction of sp³-hybridized carbons (Fsp3) is 0.500. The number of hydrogen-bond donors (Lipinski definition) is 2.